The fourth-order valence-electron chi connectivity index (χ4n) is 1.54. The third-order valence-electron chi connectivity index (χ3n) is 2.33. The molecule has 0 aliphatic carbocycles. The van der Waals surface area contributed by atoms with Gasteiger partial charge in [0.05, 0.1) is 0 Å². The number of aromatic nitrogens is 1. The first kappa shape index (κ1) is 16.1. The maximum absolute atomic E-state index is 12.2. The van der Waals surface area contributed by atoms with Crippen LogP contribution in [0.2, 0.25) is 0 Å². The lowest BCUT2D eigenvalue weighted by Crippen LogP contribution is -2.30. The summed E-state index contributed by atoms with van der Waals surface area (Å²) >= 11 is 0. The third kappa shape index (κ3) is 5.38. The Morgan fingerprint density at radius 3 is 2.35 bits per heavy atom. The predicted molar refractivity (Wildman–Crippen MR) is 73.8 cm³/mol. The van der Waals surface area contributed by atoms with Crippen molar-refractivity contribution in [3.63, 3.8) is 0 Å². The predicted octanol–water partition coefficient (Wildman–Crippen LogP) is 2.81. The van der Waals surface area contributed by atoms with Crippen molar-refractivity contribution in [3.8, 4) is 0 Å². The Morgan fingerprint density at radius 2 is 1.85 bits per heavy atom. The van der Waals surface area contributed by atoms with Crippen LogP contribution in [0.25, 0.3) is 0 Å². The van der Waals surface area contributed by atoms with E-state index in [1.165, 1.54) is 0 Å². The summed E-state index contributed by atoms with van der Waals surface area (Å²) < 4.78 is 10.5. The molecule has 1 aromatic heterocycles. The van der Waals surface area contributed by atoms with Crippen LogP contribution in [0.3, 0.4) is 0 Å². The van der Waals surface area contributed by atoms with Gasteiger partial charge in [-0.3, -0.25) is 9.78 Å². The van der Waals surface area contributed by atoms with Crippen LogP contribution < -0.4 is 0 Å². The number of pyridine rings is 1. The molecule has 0 radical (unpaired) electrons. The molecule has 0 aromatic carbocycles. The topological polar surface area (TPSA) is 65.5 Å². The minimum absolute atomic E-state index is 0.268. The standard InChI is InChI=1S/C15H21NO4/c1-5-6-12(17)19-13(11-7-9-16-10-8-11)14(18)20-15(2,3)4/h7-10,13H,5-6H2,1-4H3. The summed E-state index contributed by atoms with van der Waals surface area (Å²) in [5.74, 6) is -0.992. The summed E-state index contributed by atoms with van der Waals surface area (Å²) in [5, 5.41) is 0. The molecule has 1 unspecified atom stereocenters. The number of carbonyl (C=O) groups is 2. The van der Waals surface area contributed by atoms with Gasteiger partial charge < -0.3 is 9.47 Å². The molecule has 1 rings (SSSR count). The highest BCUT2D eigenvalue weighted by Gasteiger charge is 2.29. The summed E-state index contributed by atoms with van der Waals surface area (Å²) in [6.45, 7) is 7.17. The van der Waals surface area contributed by atoms with Gasteiger partial charge in [0.25, 0.3) is 0 Å². The van der Waals surface area contributed by atoms with E-state index in [4.69, 9.17) is 9.47 Å². The van der Waals surface area contributed by atoms with Crippen molar-refractivity contribution in [3.05, 3.63) is 30.1 Å². The number of ether oxygens (including phenoxy) is 2. The van der Waals surface area contributed by atoms with Gasteiger partial charge >= 0.3 is 11.9 Å². The summed E-state index contributed by atoms with van der Waals surface area (Å²) in [4.78, 5) is 27.7. The molecule has 110 valence electrons. The molecule has 5 heteroatoms. The van der Waals surface area contributed by atoms with E-state index < -0.39 is 23.6 Å². The van der Waals surface area contributed by atoms with Crippen LogP contribution >= 0.6 is 0 Å². The van der Waals surface area contributed by atoms with Gasteiger partial charge in [0.2, 0.25) is 6.10 Å². The van der Waals surface area contributed by atoms with Crippen LogP contribution in [0.5, 0.6) is 0 Å². The highest BCUT2D eigenvalue weighted by molar-refractivity contribution is 5.81. The van der Waals surface area contributed by atoms with Crippen LogP contribution in [-0.4, -0.2) is 22.5 Å². The van der Waals surface area contributed by atoms with Gasteiger partial charge in [-0.1, -0.05) is 6.92 Å². The van der Waals surface area contributed by atoms with E-state index >= 15 is 0 Å². The van der Waals surface area contributed by atoms with E-state index in [0.29, 0.717) is 12.0 Å². The molecular formula is C15H21NO4. The molecular weight excluding hydrogens is 258 g/mol. The first-order valence-corrected chi connectivity index (χ1v) is 6.65. The highest BCUT2D eigenvalue weighted by Crippen LogP contribution is 2.22. The third-order valence-corrected chi connectivity index (χ3v) is 2.33. The lowest BCUT2D eigenvalue weighted by atomic mass is 10.1. The van der Waals surface area contributed by atoms with Crippen molar-refractivity contribution >= 4 is 11.9 Å². The van der Waals surface area contributed by atoms with Gasteiger partial charge in [0, 0.05) is 24.4 Å². The van der Waals surface area contributed by atoms with E-state index in [1.807, 2.05) is 6.92 Å². The van der Waals surface area contributed by atoms with Gasteiger partial charge in [0.15, 0.2) is 0 Å². The Kier molecular flexibility index (Phi) is 5.67. The SMILES string of the molecule is CCCC(=O)OC(C(=O)OC(C)(C)C)c1ccncc1. The van der Waals surface area contributed by atoms with Gasteiger partial charge in [0.1, 0.15) is 5.60 Å². The minimum atomic E-state index is -1.05. The number of rotatable bonds is 5. The number of hydrogen-bond donors (Lipinski definition) is 0. The fraction of sp³-hybridized carbons (Fsp3) is 0.533. The lowest BCUT2D eigenvalue weighted by molar-refractivity contribution is -0.176. The number of carbonyl (C=O) groups excluding carboxylic acids is 2. The van der Waals surface area contributed by atoms with Crippen molar-refractivity contribution in [2.45, 2.75) is 52.2 Å². The first-order chi connectivity index (χ1) is 9.33. The van der Waals surface area contributed by atoms with Crippen molar-refractivity contribution in [1.29, 1.82) is 0 Å². The van der Waals surface area contributed by atoms with Gasteiger partial charge in [-0.2, -0.15) is 0 Å². The molecule has 5 nitrogen and oxygen atoms in total. The molecule has 0 saturated carbocycles. The number of nitrogens with zero attached hydrogens (tertiary/aromatic N) is 1. The molecule has 0 aliphatic rings. The summed E-state index contributed by atoms with van der Waals surface area (Å²) in [5.41, 5.74) is -0.0850. The van der Waals surface area contributed by atoms with Gasteiger partial charge in [-0.05, 0) is 39.3 Å². The normalized spacial score (nSPS) is 12.6. The molecule has 1 aromatic rings. The zero-order chi connectivity index (χ0) is 15.2. The van der Waals surface area contributed by atoms with E-state index in [0.717, 1.165) is 0 Å². The van der Waals surface area contributed by atoms with Crippen LogP contribution in [0.4, 0.5) is 0 Å². The molecule has 1 heterocycles. The van der Waals surface area contributed by atoms with Crippen molar-refractivity contribution in [2.24, 2.45) is 0 Å². The highest BCUT2D eigenvalue weighted by atomic mass is 16.6. The Labute approximate surface area is 119 Å². The molecule has 0 amide bonds. The summed E-state index contributed by atoms with van der Waals surface area (Å²) in [6, 6.07) is 3.27. The second-order valence-electron chi connectivity index (χ2n) is 5.43. The van der Waals surface area contributed by atoms with Crippen molar-refractivity contribution in [2.75, 3.05) is 0 Å². The molecule has 0 fully saturated rings. The van der Waals surface area contributed by atoms with E-state index in [9.17, 15) is 9.59 Å². The Balaban J connectivity index is 2.90. The number of hydrogen-bond acceptors (Lipinski definition) is 5. The van der Waals surface area contributed by atoms with Crippen molar-refractivity contribution in [1.82, 2.24) is 4.98 Å². The smallest absolute Gasteiger partial charge is 0.352 e. The van der Waals surface area contributed by atoms with Crippen LogP contribution in [-0.2, 0) is 19.1 Å². The Morgan fingerprint density at radius 1 is 1.25 bits per heavy atom. The van der Waals surface area contributed by atoms with E-state index in [1.54, 1.807) is 45.3 Å². The molecule has 1 atom stereocenters. The zero-order valence-electron chi connectivity index (χ0n) is 12.4. The van der Waals surface area contributed by atoms with Crippen LogP contribution in [0, 0.1) is 0 Å². The fourth-order valence-corrected chi connectivity index (χ4v) is 1.54. The average molecular weight is 279 g/mol. The molecule has 0 saturated heterocycles. The minimum Gasteiger partial charge on any atom is -0.457 e. The molecule has 0 N–H and O–H groups in total. The second-order valence-corrected chi connectivity index (χ2v) is 5.43. The molecule has 0 bridgehead atoms. The molecule has 20 heavy (non-hydrogen) atoms. The molecule has 0 aliphatic heterocycles. The maximum Gasteiger partial charge on any atom is 0.352 e. The van der Waals surface area contributed by atoms with Crippen LogP contribution in [0.15, 0.2) is 24.5 Å². The van der Waals surface area contributed by atoms with Crippen LogP contribution in [0.1, 0.15) is 52.2 Å². The summed E-state index contributed by atoms with van der Waals surface area (Å²) in [6.07, 6.45) is 2.97. The molecule has 0 spiro atoms. The monoisotopic (exact) mass is 279 g/mol. The maximum atomic E-state index is 12.2. The Hall–Kier alpha value is -1.91. The lowest BCUT2D eigenvalue weighted by Gasteiger charge is -2.24. The first-order valence-electron chi connectivity index (χ1n) is 6.65. The van der Waals surface area contributed by atoms with Gasteiger partial charge in [-0.15, -0.1) is 0 Å². The number of esters is 2. The quantitative estimate of drug-likeness (QED) is 0.775. The Bertz CT molecular complexity index is 451. The van der Waals surface area contributed by atoms with Gasteiger partial charge in [-0.25, -0.2) is 4.79 Å². The zero-order valence-corrected chi connectivity index (χ0v) is 12.4. The van der Waals surface area contributed by atoms with Crippen molar-refractivity contribution < 1.29 is 19.1 Å². The second kappa shape index (κ2) is 7.03. The van der Waals surface area contributed by atoms with E-state index in [-0.39, 0.29) is 6.42 Å². The van der Waals surface area contributed by atoms with E-state index in [2.05, 4.69) is 4.98 Å². The largest absolute Gasteiger partial charge is 0.457 e. The summed E-state index contributed by atoms with van der Waals surface area (Å²) in [7, 11) is 0. The average Bonchev–Trinajstić information content (AvgIpc) is 2.35.